The number of halogens is 1. The molecule has 5 rings (SSSR count). The number of H-pyrrole nitrogens is 1. The van der Waals surface area contributed by atoms with Gasteiger partial charge in [-0.3, -0.25) is 0 Å². The quantitative estimate of drug-likeness (QED) is 0.361. The number of carboxylic acid groups (broad SMARTS) is 1. The predicted molar refractivity (Wildman–Crippen MR) is 120 cm³/mol. The van der Waals surface area contributed by atoms with E-state index < -0.39 is 6.09 Å². The number of rotatable bonds is 1. The van der Waals surface area contributed by atoms with Gasteiger partial charge in [-0.25, -0.2) is 19.2 Å². The minimum atomic E-state index is -0.874. The van der Waals surface area contributed by atoms with Gasteiger partial charge in [-0.15, -0.1) is 0 Å². The van der Waals surface area contributed by atoms with E-state index in [4.69, 9.17) is 4.98 Å². The number of anilines is 2. The molecule has 7 nitrogen and oxygen atoms in total. The predicted octanol–water partition coefficient (Wildman–Crippen LogP) is 5.61. The van der Waals surface area contributed by atoms with Gasteiger partial charge in [-0.1, -0.05) is 20.8 Å². The number of nitrogens with one attached hydrogen (secondary N) is 2. The van der Waals surface area contributed by atoms with Crippen molar-refractivity contribution in [3.8, 4) is 22.5 Å². The molecule has 2 aliphatic heterocycles. The number of benzene rings is 1. The molecule has 1 saturated heterocycles. The van der Waals surface area contributed by atoms with Gasteiger partial charge >= 0.3 is 6.09 Å². The zero-order chi connectivity index (χ0) is 22.6. The SMILES string of the molecule is CC(C)(C)C1CC(c2nc3c([nH]2)-c2ccc(F)cc2Nc2ncccc2-3)CCN1C(=O)O. The van der Waals surface area contributed by atoms with Crippen LogP contribution in [-0.2, 0) is 0 Å². The van der Waals surface area contributed by atoms with Crippen LogP contribution in [0.15, 0.2) is 36.5 Å². The van der Waals surface area contributed by atoms with Crippen LogP contribution < -0.4 is 5.32 Å². The summed E-state index contributed by atoms with van der Waals surface area (Å²) in [4.78, 5) is 26.3. The number of likely N-dealkylation sites (tertiary alicyclic amines) is 1. The number of amides is 1. The maximum absolute atomic E-state index is 14.0. The Hall–Kier alpha value is -3.42. The molecule has 3 aromatic rings. The van der Waals surface area contributed by atoms with E-state index in [1.807, 2.05) is 12.1 Å². The second-order valence-electron chi connectivity index (χ2n) is 9.64. The summed E-state index contributed by atoms with van der Waals surface area (Å²) in [6.45, 7) is 6.69. The van der Waals surface area contributed by atoms with E-state index in [9.17, 15) is 14.3 Å². The molecule has 32 heavy (non-hydrogen) atoms. The minimum absolute atomic E-state index is 0.0960. The van der Waals surface area contributed by atoms with Gasteiger partial charge in [-0.2, -0.15) is 0 Å². The normalized spacial score (nSPS) is 19.9. The van der Waals surface area contributed by atoms with Crippen molar-refractivity contribution in [3.63, 3.8) is 0 Å². The maximum Gasteiger partial charge on any atom is 0.407 e. The number of carbonyl (C=O) groups is 1. The Morgan fingerprint density at radius 3 is 2.81 bits per heavy atom. The first-order valence-electron chi connectivity index (χ1n) is 10.8. The Balaban J connectivity index is 1.59. The third kappa shape index (κ3) is 3.39. The fraction of sp³-hybridized carbons (Fsp3) is 0.375. The highest BCUT2D eigenvalue weighted by molar-refractivity contribution is 5.94. The molecular formula is C24H26FN5O2. The van der Waals surface area contributed by atoms with Crippen LogP contribution in [0.4, 0.5) is 20.7 Å². The standard InChI is InChI=1S/C24H26FN5O2/c1-24(2,3)18-11-13(8-10-30(18)23(31)32)21-28-19-15-7-6-14(25)12-17(15)27-22-16(20(19)29-21)5-4-9-26-22/h4-7,9,12-13,18H,8,10-11H2,1-3H3,(H,26,27)(H,28,29)(H,31,32). The Morgan fingerprint density at radius 2 is 2.06 bits per heavy atom. The lowest BCUT2D eigenvalue weighted by Crippen LogP contribution is -2.51. The second kappa shape index (κ2) is 7.32. The smallest absolute Gasteiger partial charge is 0.407 e. The van der Waals surface area contributed by atoms with Gasteiger partial charge in [0.2, 0.25) is 0 Å². The summed E-state index contributed by atoms with van der Waals surface area (Å²) >= 11 is 0. The van der Waals surface area contributed by atoms with E-state index in [0.29, 0.717) is 30.9 Å². The summed E-state index contributed by atoms with van der Waals surface area (Å²) in [5.41, 5.74) is 3.71. The molecule has 3 N–H and O–H groups in total. The van der Waals surface area contributed by atoms with Gasteiger partial charge in [0.25, 0.3) is 0 Å². The average molecular weight is 436 g/mol. The largest absolute Gasteiger partial charge is 0.465 e. The lowest BCUT2D eigenvalue weighted by Gasteiger charge is -2.44. The van der Waals surface area contributed by atoms with Crippen molar-refractivity contribution in [1.29, 1.82) is 0 Å². The summed E-state index contributed by atoms with van der Waals surface area (Å²) in [5.74, 6) is 1.23. The van der Waals surface area contributed by atoms with Crippen LogP contribution in [0.25, 0.3) is 22.5 Å². The average Bonchev–Trinajstić information content (AvgIpc) is 3.13. The highest BCUT2D eigenvalue weighted by atomic mass is 19.1. The fourth-order valence-electron chi connectivity index (χ4n) is 4.90. The van der Waals surface area contributed by atoms with Crippen molar-refractivity contribution in [2.24, 2.45) is 5.41 Å². The highest BCUT2D eigenvalue weighted by Crippen LogP contribution is 2.45. The summed E-state index contributed by atoms with van der Waals surface area (Å²) in [5, 5.41) is 12.9. The van der Waals surface area contributed by atoms with Gasteiger partial charge in [0, 0.05) is 35.8 Å². The van der Waals surface area contributed by atoms with Crippen molar-refractivity contribution in [3.05, 3.63) is 48.2 Å². The molecule has 0 saturated carbocycles. The molecule has 8 heteroatoms. The van der Waals surface area contributed by atoms with Crippen LogP contribution in [0.1, 0.15) is 45.4 Å². The van der Waals surface area contributed by atoms with Crippen LogP contribution in [0.2, 0.25) is 0 Å². The minimum Gasteiger partial charge on any atom is -0.465 e. The van der Waals surface area contributed by atoms with Crippen LogP contribution in [0.3, 0.4) is 0 Å². The van der Waals surface area contributed by atoms with Gasteiger partial charge in [0.15, 0.2) is 0 Å². The van der Waals surface area contributed by atoms with Gasteiger partial charge in [0.05, 0.1) is 11.4 Å². The molecule has 0 radical (unpaired) electrons. The van der Waals surface area contributed by atoms with Crippen molar-refractivity contribution < 1.29 is 14.3 Å². The molecule has 2 aromatic heterocycles. The number of aromatic nitrogens is 3. The Kier molecular flexibility index (Phi) is 4.69. The van der Waals surface area contributed by atoms with Crippen molar-refractivity contribution in [1.82, 2.24) is 19.9 Å². The monoisotopic (exact) mass is 435 g/mol. The number of piperidine rings is 1. The van der Waals surface area contributed by atoms with Crippen molar-refractivity contribution >= 4 is 17.6 Å². The molecule has 0 aliphatic carbocycles. The number of imidazole rings is 1. The van der Waals surface area contributed by atoms with Gasteiger partial charge < -0.3 is 20.3 Å². The molecule has 0 bridgehead atoms. The molecule has 1 amide bonds. The third-order valence-electron chi connectivity index (χ3n) is 6.52. The Bertz CT molecular complexity index is 1200. The molecule has 1 aromatic carbocycles. The third-order valence-corrected chi connectivity index (χ3v) is 6.52. The van der Waals surface area contributed by atoms with E-state index in [1.165, 1.54) is 12.1 Å². The van der Waals surface area contributed by atoms with E-state index in [0.717, 1.165) is 28.3 Å². The first-order valence-corrected chi connectivity index (χ1v) is 10.8. The summed E-state index contributed by atoms with van der Waals surface area (Å²) in [6.07, 6.45) is 2.20. The van der Waals surface area contributed by atoms with Crippen LogP contribution >= 0.6 is 0 Å². The van der Waals surface area contributed by atoms with E-state index >= 15 is 0 Å². The Morgan fingerprint density at radius 1 is 1.25 bits per heavy atom. The second-order valence-corrected chi connectivity index (χ2v) is 9.64. The first kappa shape index (κ1) is 20.5. The molecule has 2 unspecified atom stereocenters. The number of nitrogens with zero attached hydrogens (tertiary/aromatic N) is 3. The van der Waals surface area contributed by atoms with Crippen LogP contribution in [-0.4, -0.2) is 43.6 Å². The molecule has 166 valence electrons. The maximum atomic E-state index is 14.0. The van der Waals surface area contributed by atoms with Crippen LogP contribution in [0, 0.1) is 11.2 Å². The zero-order valence-electron chi connectivity index (χ0n) is 18.3. The summed E-state index contributed by atoms with van der Waals surface area (Å²) < 4.78 is 14.0. The molecule has 0 spiro atoms. The topological polar surface area (TPSA) is 94.1 Å². The fourth-order valence-corrected chi connectivity index (χ4v) is 4.90. The van der Waals surface area contributed by atoms with Crippen LogP contribution in [0.5, 0.6) is 0 Å². The van der Waals surface area contributed by atoms with Crippen molar-refractivity contribution in [2.45, 2.75) is 45.6 Å². The Labute approximate surface area is 185 Å². The van der Waals surface area contributed by atoms with Gasteiger partial charge in [0.1, 0.15) is 23.2 Å². The number of pyridine rings is 1. The summed E-state index contributed by atoms with van der Waals surface area (Å²) in [6, 6.07) is 8.34. The molecule has 2 aliphatic rings. The number of fused-ring (bicyclic) bond motifs is 5. The number of aromatic amines is 1. The lowest BCUT2D eigenvalue weighted by molar-refractivity contribution is 0.0516. The first-order chi connectivity index (χ1) is 15.2. The molecular weight excluding hydrogens is 409 g/mol. The number of hydrogen-bond donors (Lipinski definition) is 3. The molecule has 1 fully saturated rings. The van der Waals surface area contributed by atoms with E-state index in [2.05, 4.69) is 36.1 Å². The van der Waals surface area contributed by atoms with E-state index in [-0.39, 0.29) is 23.2 Å². The highest BCUT2D eigenvalue weighted by Gasteiger charge is 2.40. The molecule has 4 heterocycles. The molecule has 2 atom stereocenters. The van der Waals surface area contributed by atoms with Crippen molar-refractivity contribution in [2.75, 3.05) is 11.9 Å². The summed E-state index contributed by atoms with van der Waals surface area (Å²) in [7, 11) is 0. The van der Waals surface area contributed by atoms with Gasteiger partial charge in [-0.05, 0) is 48.6 Å². The van der Waals surface area contributed by atoms with E-state index in [1.54, 1.807) is 17.2 Å². The number of hydrogen-bond acceptors (Lipinski definition) is 4. The zero-order valence-corrected chi connectivity index (χ0v) is 18.3. The lowest BCUT2D eigenvalue weighted by atomic mass is 9.77.